The molecule has 3 aliphatic rings. The summed E-state index contributed by atoms with van der Waals surface area (Å²) >= 11 is 0.290. The van der Waals surface area contributed by atoms with E-state index in [2.05, 4.69) is 36.3 Å². The Morgan fingerprint density at radius 1 is 1.40 bits per heavy atom. The van der Waals surface area contributed by atoms with Gasteiger partial charge in [0.1, 0.15) is 0 Å². The van der Waals surface area contributed by atoms with E-state index in [4.69, 9.17) is 0 Å². The third-order valence-electron chi connectivity index (χ3n) is 3.31. The van der Waals surface area contributed by atoms with Crippen LogP contribution in [0.5, 0.6) is 0 Å². The molecule has 0 unspecified atom stereocenters. The van der Waals surface area contributed by atoms with Crippen molar-refractivity contribution in [1.29, 1.82) is 0 Å². The molecule has 0 saturated heterocycles. The third kappa shape index (κ3) is 1.63. The van der Waals surface area contributed by atoms with Gasteiger partial charge < -0.3 is 4.90 Å². The monoisotopic (exact) mass is 313 g/mol. The van der Waals surface area contributed by atoms with E-state index >= 15 is 0 Å². The average Bonchev–Trinajstić information content (AvgIpc) is 2.30. The Balaban J connectivity index is 2.07. The van der Waals surface area contributed by atoms with Crippen molar-refractivity contribution in [3.8, 4) is 0 Å². The predicted molar refractivity (Wildman–Crippen MR) is 74.1 cm³/mol. The quantitative estimate of drug-likeness (QED) is 0.488. The van der Waals surface area contributed by atoms with Crippen LogP contribution in [0, 0.1) is 5.92 Å². The van der Waals surface area contributed by atoms with Crippen LogP contribution in [0.1, 0.15) is 26.2 Å². The van der Waals surface area contributed by atoms with E-state index in [9.17, 15) is 0 Å². The van der Waals surface area contributed by atoms with Gasteiger partial charge in [0.25, 0.3) is 0 Å². The molecule has 0 spiro atoms. The van der Waals surface area contributed by atoms with E-state index in [1.165, 1.54) is 23.7 Å². The van der Waals surface area contributed by atoms with E-state index in [0.717, 1.165) is 5.92 Å². The van der Waals surface area contributed by atoms with E-state index in [0.29, 0.717) is 0 Å². The first kappa shape index (κ1) is 9.82. The Morgan fingerprint density at radius 2 is 2.33 bits per heavy atom. The van der Waals surface area contributed by atoms with Gasteiger partial charge in [-0.2, -0.15) is 0 Å². The largest absolute Gasteiger partial charge is 0.320 e. The van der Waals surface area contributed by atoms with Crippen molar-refractivity contribution in [2.75, 3.05) is 4.43 Å². The van der Waals surface area contributed by atoms with Gasteiger partial charge in [0.15, 0.2) is 0 Å². The Hall–Kier alpha value is -0.380. The van der Waals surface area contributed by atoms with E-state index in [-0.39, 0.29) is 20.7 Å². The topological polar surface area (TPSA) is 3.24 Å². The van der Waals surface area contributed by atoms with Crippen LogP contribution in [0.15, 0.2) is 35.7 Å². The van der Waals surface area contributed by atoms with Crippen LogP contribution in [0.3, 0.4) is 0 Å². The lowest BCUT2D eigenvalue weighted by molar-refractivity contribution is 0.539. The summed E-state index contributed by atoms with van der Waals surface area (Å²) < 4.78 is 3.09. The van der Waals surface area contributed by atoms with E-state index in [1.54, 1.807) is 14.9 Å². The highest BCUT2D eigenvalue weighted by atomic mass is 127. The first-order valence-electron chi connectivity index (χ1n) is 5.66. The Morgan fingerprint density at radius 3 is 3.27 bits per heavy atom. The van der Waals surface area contributed by atoms with Crippen molar-refractivity contribution < 1.29 is 0 Å². The summed E-state index contributed by atoms with van der Waals surface area (Å²) in [6, 6.07) is 0. The molecule has 0 radical (unpaired) electrons. The lowest BCUT2D eigenvalue weighted by Gasteiger charge is -2.38. The van der Waals surface area contributed by atoms with Crippen molar-refractivity contribution in [1.82, 2.24) is 4.90 Å². The van der Waals surface area contributed by atoms with Crippen molar-refractivity contribution in [2.45, 2.75) is 26.2 Å². The molecule has 2 aliphatic heterocycles. The fourth-order valence-electron chi connectivity index (χ4n) is 2.56. The zero-order chi connectivity index (χ0) is 10.3. The summed E-state index contributed by atoms with van der Waals surface area (Å²) in [7, 11) is 0. The van der Waals surface area contributed by atoms with Gasteiger partial charge in [-0.1, -0.05) is 45.9 Å². The second kappa shape index (κ2) is 3.89. The highest BCUT2D eigenvalue weighted by Gasteiger charge is 2.28. The third-order valence-corrected chi connectivity index (χ3v) is 6.10. The van der Waals surface area contributed by atoms with Gasteiger partial charge in [0, 0.05) is 16.3 Å². The Labute approximate surface area is 101 Å². The van der Waals surface area contributed by atoms with Crippen LogP contribution in [0.4, 0.5) is 0 Å². The molecule has 1 nitrogen and oxygen atoms in total. The summed E-state index contributed by atoms with van der Waals surface area (Å²) in [6.07, 6.45) is 13.1. The predicted octanol–water partition coefficient (Wildman–Crippen LogP) is 3.56. The van der Waals surface area contributed by atoms with Crippen molar-refractivity contribution >= 4 is 24.4 Å². The number of alkyl halides is 1. The van der Waals surface area contributed by atoms with Crippen molar-refractivity contribution in [3.63, 3.8) is 0 Å². The van der Waals surface area contributed by atoms with Gasteiger partial charge in [-0.25, -0.2) is 0 Å². The molecule has 1 atom stereocenters. The van der Waals surface area contributed by atoms with Gasteiger partial charge in [0.2, 0.25) is 0 Å². The summed E-state index contributed by atoms with van der Waals surface area (Å²) in [6.45, 7) is 2.39. The van der Waals surface area contributed by atoms with Crippen molar-refractivity contribution in [3.05, 3.63) is 35.7 Å². The molecule has 15 heavy (non-hydrogen) atoms. The van der Waals surface area contributed by atoms with Gasteiger partial charge in [-0.05, 0) is 30.8 Å². The Bertz CT molecular complexity index is 401. The molecule has 0 fully saturated rings. The Kier molecular flexibility index (Phi) is 2.54. The number of fused-ring (bicyclic) bond motifs is 2. The van der Waals surface area contributed by atoms with Crippen LogP contribution >= 0.6 is 20.7 Å². The molecule has 3 rings (SSSR count). The summed E-state index contributed by atoms with van der Waals surface area (Å²) in [5.41, 5.74) is 3.20. The second-order valence-corrected chi connectivity index (χ2v) is 7.26. The van der Waals surface area contributed by atoms with Gasteiger partial charge in [-0.15, -0.1) is 0 Å². The fourth-order valence-corrected chi connectivity index (χ4v) is 5.34. The number of hydrogen-bond acceptors (Lipinski definition) is 1. The maximum absolute atomic E-state index is 2.52. The van der Waals surface area contributed by atoms with Crippen LogP contribution in [0.2, 0.25) is 0 Å². The molecule has 0 saturated carbocycles. The molecule has 2 heterocycles. The maximum atomic E-state index is 2.52. The lowest BCUT2D eigenvalue weighted by Crippen LogP contribution is -2.34. The number of nitrogens with zero attached hydrogens (tertiary/aromatic N) is 1. The molecule has 0 aromatic rings. The second-order valence-electron chi connectivity index (χ2n) is 4.37. The minimum atomic E-state index is 0.290. The highest BCUT2D eigenvalue weighted by Crippen LogP contribution is 2.38. The fraction of sp³-hybridized carbons (Fsp3) is 0.462. The van der Waals surface area contributed by atoms with Gasteiger partial charge >= 0.3 is 0 Å². The minimum absolute atomic E-state index is 0.290. The maximum Gasteiger partial charge on any atom is 0.0522 e. The first-order chi connectivity index (χ1) is 7.36. The molecular formula is C13H16IN. The molecule has 2 heteroatoms. The van der Waals surface area contributed by atoms with Crippen LogP contribution in [0.25, 0.3) is 0 Å². The van der Waals surface area contributed by atoms with Crippen molar-refractivity contribution in [2.24, 2.45) is 5.92 Å². The summed E-state index contributed by atoms with van der Waals surface area (Å²) in [5, 5.41) is 0. The van der Waals surface area contributed by atoms with Gasteiger partial charge in [0.05, 0.1) is 3.63 Å². The number of halogens is 1. The normalized spacial score (nSPS) is 29.3. The summed E-state index contributed by atoms with van der Waals surface area (Å²) in [5.74, 6) is 0.758. The van der Waals surface area contributed by atoms with Gasteiger partial charge in [-0.3, -0.25) is 0 Å². The van der Waals surface area contributed by atoms with Crippen LogP contribution in [-0.4, -0.2) is 13.0 Å². The number of hydrogen-bond donors (Lipinski definition) is 0. The zero-order valence-corrected chi connectivity index (χ0v) is 11.2. The number of allylic oxidation sites excluding steroid dienone is 5. The SMILES string of the molecule is C[C@H]1CC2=ICC=CN2C2=C1C=CCC2. The smallest absolute Gasteiger partial charge is 0.0522 e. The first-order valence-corrected chi connectivity index (χ1v) is 8.27. The summed E-state index contributed by atoms with van der Waals surface area (Å²) in [4.78, 5) is 2.52. The standard InChI is InChI=1S/C13H16IN/c1-10-9-13-14-7-4-8-15(13)12-6-3-2-5-11(10)12/h2,4-5,8,10H,3,6-7,9H2,1H3/t10-/m0/s1. The number of rotatable bonds is 0. The zero-order valence-electron chi connectivity index (χ0n) is 9.04. The molecule has 80 valence electrons. The van der Waals surface area contributed by atoms with Crippen LogP contribution < -0.4 is 0 Å². The average molecular weight is 313 g/mol. The molecule has 0 bridgehead atoms. The molecule has 0 amide bonds. The molecule has 1 aliphatic carbocycles. The lowest BCUT2D eigenvalue weighted by atomic mass is 9.87. The highest BCUT2D eigenvalue weighted by molar-refractivity contribution is 14.2. The van der Waals surface area contributed by atoms with Crippen LogP contribution in [-0.2, 0) is 0 Å². The molecule has 0 aromatic heterocycles. The van der Waals surface area contributed by atoms with E-state index in [1.807, 2.05) is 0 Å². The molecule has 0 N–H and O–H groups in total. The minimum Gasteiger partial charge on any atom is -0.320 e. The van der Waals surface area contributed by atoms with E-state index < -0.39 is 0 Å². The molecule has 0 aromatic carbocycles. The molecular weight excluding hydrogens is 297 g/mol.